The summed E-state index contributed by atoms with van der Waals surface area (Å²) in [6, 6.07) is 0.834. The summed E-state index contributed by atoms with van der Waals surface area (Å²) >= 11 is 0. The lowest BCUT2D eigenvalue weighted by atomic mass is 9.94. The van der Waals surface area contributed by atoms with Gasteiger partial charge in [-0.05, 0) is 25.3 Å². The standard InChI is InChI=1S/C13H25N3O2/c1-3-14-12-4-6-16(8-10(12)2)13(17)15-11-5-7-18-9-11/h10-12,14H,3-9H2,1-2H3,(H,15,17). The molecule has 3 unspecified atom stereocenters. The third-order valence-corrected chi connectivity index (χ3v) is 3.92. The van der Waals surface area contributed by atoms with Crippen molar-refractivity contribution in [2.24, 2.45) is 5.92 Å². The van der Waals surface area contributed by atoms with Gasteiger partial charge in [-0.2, -0.15) is 0 Å². The van der Waals surface area contributed by atoms with Crippen molar-refractivity contribution in [1.82, 2.24) is 15.5 Å². The van der Waals surface area contributed by atoms with E-state index in [1.807, 2.05) is 4.90 Å². The first kappa shape index (κ1) is 13.6. The first-order chi connectivity index (χ1) is 8.70. The summed E-state index contributed by atoms with van der Waals surface area (Å²) in [6.07, 6.45) is 1.98. The van der Waals surface area contributed by atoms with Gasteiger partial charge < -0.3 is 20.3 Å². The molecule has 0 bridgehead atoms. The number of nitrogens with zero attached hydrogens (tertiary/aromatic N) is 1. The molecule has 104 valence electrons. The van der Waals surface area contributed by atoms with E-state index in [1.165, 1.54) is 0 Å². The van der Waals surface area contributed by atoms with Crippen LogP contribution < -0.4 is 10.6 Å². The smallest absolute Gasteiger partial charge is 0.317 e. The van der Waals surface area contributed by atoms with Gasteiger partial charge in [0, 0.05) is 25.7 Å². The first-order valence-corrected chi connectivity index (χ1v) is 7.07. The van der Waals surface area contributed by atoms with E-state index in [0.717, 1.165) is 39.1 Å². The molecule has 0 aromatic carbocycles. The van der Waals surface area contributed by atoms with E-state index in [9.17, 15) is 4.79 Å². The van der Waals surface area contributed by atoms with Crippen molar-refractivity contribution >= 4 is 6.03 Å². The maximum atomic E-state index is 12.1. The predicted molar refractivity (Wildman–Crippen MR) is 70.6 cm³/mol. The van der Waals surface area contributed by atoms with Crippen molar-refractivity contribution in [2.75, 3.05) is 32.8 Å². The Kier molecular flexibility index (Phi) is 4.83. The van der Waals surface area contributed by atoms with Crippen LogP contribution in [0.25, 0.3) is 0 Å². The molecule has 2 rings (SSSR count). The number of ether oxygens (including phenoxy) is 1. The van der Waals surface area contributed by atoms with Gasteiger partial charge in [0.15, 0.2) is 0 Å². The Morgan fingerprint density at radius 3 is 2.89 bits per heavy atom. The summed E-state index contributed by atoms with van der Waals surface area (Å²) in [4.78, 5) is 14.0. The number of piperidine rings is 1. The van der Waals surface area contributed by atoms with Gasteiger partial charge in [0.05, 0.1) is 12.6 Å². The number of amides is 2. The van der Waals surface area contributed by atoms with E-state index in [-0.39, 0.29) is 12.1 Å². The number of likely N-dealkylation sites (tertiary alicyclic amines) is 1. The van der Waals surface area contributed by atoms with Crippen molar-refractivity contribution < 1.29 is 9.53 Å². The van der Waals surface area contributed by atoms with E-state index in [1.54, 1.807) is 0 Å². The Labute approximate surface area is 109 Å². The van der Waals surface area contributed by atoms with Crippen LogP contribution in [0.2, 0.25) is 0 Å². The molecule has 0 radical (unpaired) electrons. The van der Waals surface area contributed by atoms with E-state index >= 15 is 0 Å². The van der Waals surface area contributed by atoms with Crippen LogP contribution >= 0.6 is 0 Å². The second-order valence-corrected chi connectivity index (χ2v) is 5.39. The average Bonchev–Trinajstić information content (AvgIpc) is 2.84. The van der Waals surface area contributed by atoms with Gasteiger partial charge in [0.1, 0.15) is 0 Å². The fourth-order valence-electron chi connectivity index (χ4n) is 2.81. The topological polar surface area (TPSA) is 53.6 Å². The molecular formula is C13H25N3O2. The largest absolute Gasteiger partial charge is 0.379 e. The highest BCUT2D eigenvalue weighted by Crippen LogP contribution is 2.17. The Balaban J connectivity index is 1.78. The minimum Gasteiger partial charge on any atom is -0.379 e. The third-order valence-electron chi connectivity index (χ3n) is 3.92. The number of carbonyl (C=O) groups is 1. The number of urea groups is 1. The van der Waals surface area contributed by atoms with Crippen LogP contribution in [0.15, 0.2) is 0 Å². The maximum Gasteiger partial charge on any atom is 0.317 e. The van der Waals surface area contributed by atoms with Gasteiger partial charge in [-0.1, -0.05) is 13.8 Å². The Bertz CT molecular complexity index is 279. The highest BCUT2D eigenvalue weighted by atomic mass is 16.5. The molecule has 2 fully saturated rings. The Hall–Kier alpha value is -0.810. The van der Waals surface area contributed by atoms with Crippen molar-refractivity contribution in [1.29, 1.82) is 0 Å². The lowest BCUT2D eigenvalue weighted by molar-refractivity contribution is 0.145. The molecule has 2 amide bonds. The minimum atomic E-state index is 0.0762. The number of carbonyl (C=O) groups excluding carboxylic acids is 1. The predicted octanol–water partition coefficient (Wildman–Crippen LogP) is 0.805. The van der Waals surface area contributed by atoms with Crippen LogP contribution in [-0.2, 0) is 4.74 Å². The van der Waals surface area contributed by atoms with Gasteiger partial charge in [-0.15, -0.1) is 0 Å². The van der Waals surface area contributed by atoms with Crippen molar-refractivity contribution in [3.05, 3.63) is 0 Å². The summed E-state index contributed by atoms with van der Waals surface area (Å²) in [6.45, 7) is 8.47. The number of hydrogen-bond acceptors (Lipinski definition) is 3. The van der Waals surface area contributed by atoms with E-state index < -0.39 is 0 Å². The summed E-state index contributed by atoms with van der Waals surface area (Å²) in [5.41, 5.74) is 0. The second-order valence-electron chi connectivity index (χ2n) is 5.39. The molecule has 2 aliphatic rings. The van der Waals surface area contributed by atoms with Crippen molar-refractivity contribution in [3.8, 4) is 0 Å². The van der Waals surface area contributed by atoms with E-state index in [2.05, 4.69) is 24.5 Å². The fourth-order valence-corrected chi connectivity index (χ4v) is 2.81. The summed E-state index contributed by atoms with van der Waals surface area (Å²) in [7, 11) is 0. The van der Waals surface area contributed by atoms with Crippen LogP contribution in [-0.4, -0.2) is 55.9 Å². The van der Waals surface area contributed by atoms with Crippen LogP contribution in [0.4, 0.5) is 4.79 Å². The quantitative estimate of drug-likeness (QED) is 0.784. The molecule has 5 heteroatoms. The van der Waals surface area contributed by atoms with Crippen molar-refractivity contribution in [2.45, 2.75) is 38.8 Å². The fraction of sp³-hybridized carbons (Fsp3) is 0.923. The molecule has 2 N–H and O–H groups in total. The molecule has 2 aliphatic heterocycles. The number of nitrogens with one attached hydrogen (secondary N) is 2. The first-order valence-electron chi connectivity index (χ1n) is 7.07. The van der Waals surface area contributed by atoms with Crippen LogP contribution in [0.1, 0.15) is 26.7 Å². The van der Waals surface area contributed by atoms with Gasteiger partial charge in [-0.3, -0.25) is 0 Å². The molecule has 0 aromatic rings. The molecule has 2 saturated heterocycles. The lowest BCUT2D eigenvalue weighted by Gasteiger charge is -2.37. The molecule has 0 aromatic heterocycles. The SMILES string of the molecule is CCNC1CCN(C(=O)NC2CCOC2)CC1C. The second kappa shape index (κ2) is 6.38. The van der Waals surface area contributed by atoms with Gasteiger partial charge >= 0.3 is 6.03 Å². The van der Waals surface area contributed by atoms with Gasteiger partial charge in [-0.25, -0.2) is 4.79 Å². The Morgan fingerprint density at radius 1 is 1.44 bits per heavy atom. The zero-order valence-corrected chi connectivity index (χ0v) is 11.4. The lowest BCUT2D eigenvalue weighted by Crippen LogP contribution is -2.54. The molecule has 2 heterocycles. The summed E-state index contributed by atoms with van der Waals surface area (Å²) < 4.78 is 5.27. The Morgan fingerprint density at radius 2 is 2.28 bits per heavy atom. The molecule has 0 spiro atoms. The molecule has 3 atom stereocenters. The van der Waals surface area contributed by atoms with Crippen LogP contribution in [0.5, 0.6) is 0 Å². The van der Waals surface area contributed by atoms with E-state index in [0.29, 0.717) is 18.6 Å². The molecule has 5 nitrogen and oxygen atoms in total. The highest BCUT2D eigenvalue weighted by Gasteiger charge is 2.29. The van der Waals surface area contributed by atoms with Crippen molar-refractivity contribution in [3.63, 3.8) is 0 Å². The zero-order chi connectivity index (χ0) is 13.0. The summed E-state index contributed by atoms with van der Waals surface area (Å²) in [5, 5.41) is 6.55. The van der Waals surface area contributed by atoms with Crippen LogP contribution in [0.3, 0.4) is 0 Å². The average molecular weight is 255 g/mol. The highest BCUT2D eigenvalue weighted by molar-refractivity contribution is 5.74. The van der Waals surface area contributed by atoms with Crippen LogP contribution in [0, 0.1) is 5.92 Å². The molecular weight excluding hydrogens is 230 g/mol. The number of rotatable bonds is 3. The molecule has 0 saturated carbocycles. The van der Waals surface area contributed by atoms with Gasteiger partial charge in [0.25, 0.3) is 0 Å². The minimum absolute atomic E-state index is 0.0762. The zero-order valence-electron chi connectivity index (χ0n) is 11.4. The van der Waals surface area contributed by atoms with Gasteiger partial charge in [0.2, 0.25) is 0 Å². The number of hydrogen-bond donors (Lipinski definition) is 2. The third kappa shape index (κ3) is 3.36. The maximum absolute atomic E-state index is 12.1. The molecule has 18 heavy (non-hydrogen) atoms. The molecule has 0 aliphatic carbocycles. The monoisotopic (exact) mass is 255 g/mol. The van der Waals surface area contributed by atoms with E-state index in [4.69, 9.17) is 4.74 Å². The summed E-state index contributed by atoms with van der Waals surface area (Å²) in [5.74, 6) is 0.518. The normalized spacial score (nSPS) is 32.6.